The lowest BCUT2D eigenvalue weighted by Crippen LogP contribution is -2.13. The molecule has 0 aromatic rings. The summed E-state index contributed by atoms with van der Waals surface area (Å²) in [4.78, 5) is 10.2. The van der Waals surface area contributed by atoms with Gasteiger partial charge in [0.15, 0.2) is 0 Å². The van der Waals surface area contributed by atoms with Crippen LogP contribution in [0.25, 0.3) is 0 Å². The molecule has 1 fully saturated rings. The topological polar surface area (TPSA) is 28.4 Å². The number of carbonyl (C=O) groups excluding carboxylic acids is 2. The minimum absolute atomic E-state index is 0.262. The zero-order chi connectivity index (χ0) is 6.69. The predicted molar refractivity (Wildman–Crippen MR) is 33.7 cm³/mol. The molecule has 0 aliphatic heterocycles. The maximum atomic E-state index is 10.2. The van der Waals surface area contributed by atoms with Crippen LogP contribution in [0.15, 0.2) is 0 Å². The molecule has 0 bridgehead atoms. The highest BCUT2D eigenvalue weighted by molar-refractivity contribution is 5.71. The summed E-state index contributed by atoms with van der Waals surface area (Å²) in [7, 11) is 0. The Hall–Kier alpha value is -0.660. The van der Waals surface area contributed by atoms with Crippen molar-refractivity contribution in [2.75, 3.05) is 0 Å². The molecule has 0 N–H and O–H groups in total. The first-order valence-electron chi connectivity index (χ1n) is 3.22. The fourth-order valence-electron chi connectivity index (χ4n) is 0.692. The van der Waals surface area contributed by atoms with Crippen LogP contribution in [-0.4, -0.2) is 12.3 Å². The second-order valence-corrected chi connectivity index (χ2v) is 2.34. The van der Waals surface area contributed by atoms with E-state index in [1.807, 2.05) is 0 Å². The van der Waals surface area contributed by atoms with E-state index in [4.69, 9.17) is 0 Å². The molecule has 1 rings (SSSR count). The van der Waals surface area contributed by atoms with Gasteiger partial charge in [0.2, 0.25) is 0 Å². The fourth-order valence-corrected chi connectivity index (χ4v) is 0.692. The second kappa shape index (κ2) is 2.76. The fraction of sp³-hybridized carbons (Fsp3) is 0.714. The first-order chi connectivity index (χ1) is 4.29. The predicted octanol–water partition coefficient (Wildman–Crippen LogP) is 0.978. The minimum Gasteiger partial charge on any atom is -0.467 e. The maximum absolute atomic E-state index is 10.2. The summed E-state index contributed by atoms with van der Waals surface area (Å²) >= 11 is 0. The van der Waals surface area contributed by atoms with Gasteiger partial charge < -0.3 is 4.42 Å². The van der Waals surface area contributed by atoms with Crippen molar-refractivity contribution in [2.45, 2.75) is 26.2 Å². The molecule has 50 valence electrons. The Morgan fingerprint density at radius 2 is 2.33 bits per heavy atom. The van der Waals surface area contributed by atoms with E-state index in [1.54, 1.807) is 0 Å². The van der Waals surface area contributed by atoms with Gasteiger partial charge in [0, 0.05) is 6.92 Å². The molecule has 0 atom stereocenters. The molecule has 1 saturated carbocycles. The molecule has 2 nitrogen and oxygen atoms in total. The minimum atomic E-state index is -0.262. The van der Waals surface area contributed by atoms with Crippen molar-refractivity contribution < 1.29 is 9.22 Å². The summed E-state index contributed by atoms with van der Waals surface area (Å²) in [5.74, 6) is 0.163. The Balaban J connectivity index is 2.22. The van der Waals surface area contributed by atoms with Gasteiger partial charge in [-0.05, 0) is 5.92 Å². The largest absolute Gasteiger partial charge is 0.467 e. The lowest BCUT2D eigenvalue weighted by atomic mass is 9.87. The van der Waals surface area contributed by atoms with Gasteiger partial charge in [-0.25, -0.2) is 0 Å². The second-order valence-electron chi connectivity index (χ2n) is 2.34. The molecule has 2 heteroatoms. The molecular formula is C7H10O2. The van der Waals surface area contributed by atoms with Crippen molar-refractivity contribution in [3.8, 4) is 0 Å². The Bertz CT molecular complexity index is 134. The highest BCUT2D eigenvalue weighted by atomic mass is 16.4. The van der Waals surface area contributed by atoms with E-state index in [9.17, 15) is 4.79 Å². The molecule has 0 aromatic carbocycles. The molecule has 0 heterocycles. The van der Waals surface area contributed by atoms with Crippen LogP contribution in [-0.2, 0) is 9.22 Å². The lowest BCUT2D eigenvalue weighted by Gasteiger charge is -2.21. The monoisotopic (exact) mass is 126 g/mol. The molecule has 0 radical (unpaired) electrons. The molecule has 0 amide bonds. The maximum Gasteiger partial charge on any atom is 0.422 e. The Kier molecular flexibility index (Phi) is 1.98. The summed E-state index contributed by atoms with van der Waals surface area (Å²) in [6.07, 6.45) is 6.18. The molecule has 0 aromatic heterocycles. The molecular weight excluding hydrogens is 116 g/mol. The van der Waals surface area contributed by atoms with Crippen molar-refractivity contribution in [1.82, 2.24) is 0 Å². The van der Waals surface area contributed by atoms with Crippen LogP contribution in [0.4, 0.5) is 0 Å². The van der Waals surface area contributed by atoms with Crippen LogP contribution < -0.4 is 0 Å². The number of carbonyl (C=O) groups is 1. The average Bonchev–Trinajstić information content (AvgIpc) is 1.60. The third kappa shape index (κ3) is 1.96. The Morgan fingerprint density at radius 3 is 2.67 bits per heavy atom. The summed E-state index contributed by atoms with van der Waals surface area (Å²) in [6, 6.07) is 0. The summed E-state index contributed by atoms with van der Waals surface area (Å²) in [5, 5.41) is 0. The van der Waals surface area contributed by atoms with Gasteiger partial charge in [0.25, 0.3) is 0 Å². The number of rotatable bonds is 1. The average molecular weight is 126 g/mol. The van der Waals surface area contributed by atoms with Gasteiger partial charge in [0.05, 0.1) is 6.29 Å². The van der Waals surface area contributed by atoms with Crippen molar-refractivity contribution >= 4 is 12.3 Å². The van der Waals surface area contributed by atoms with Crippen LogP contribution in [0.3, 0.4) is 0 Å². The smallest absolute Gasteiger partial charge is 0.422 e. The van der Waals surface area contributed by atoms with Gasteiger partial charge in [-0.2, -0.15) is 0 Å². The normalized spacial score (nSPS) is 20.1. The van der Waals surface area contributed by atoms with Crippen LogP contribution in [0.1, 0.15) is 26.2 Å². The Labute approximate surface area is 54.6 Å². The van der Waals surface area contributed by atoms with E-state index in [1.165, 1.54) is 13.3 Å². The third-order valence-electron chi connectivity index (χ3n) is 1.47. The van der Waals surface area contributed by atoms with Crippen LogP contribution in [0.2, 0.25) is 0 Å². The number of hydrogen-bond acceptors (Lipinski definition) is 1. The third-order valence-corrected chi connectivity index (χ3v) is 1.47. The van der Waals surface area contributed by atoms with Crippen LogP contribution in [0, 0.1) is 5.92 Å². The van der Waals surface area contributed by atoms with Crippen molar-refractivity contribution in [3.05, 3.63) is 0 Å². The van der Waals surface area contributed by atoms with Gasteiger partial charge in [0.1, 0.15) is 0 Å². The Morgan fingerprint density at radius 1 is 1.67 bits per heavy atom. The SMILES string of the molecule is CC(=O)[O+]=[C-]C1CCC1. The van der Waals surface area contributed by atoms with Gasteiger partial charge >= 0.3 is 5.97 Å². The van der Waals surface area contributed by atoms with E-state index in [0.29, 0.717) is 5.92 Å². The zero-order valence-electron chi connectivity index (χ0n) is 5.52. The van der Waals surface area contributed by atoms with Crippen LogP contribution in [0.5, 0.6) is 0 Å². The molecule has 0 saturated heterocycles. The summed E-state index contributed by atoms with van der Waals surface area (Å²) < 4.78 is 4.56. The lowest BCUT2D eigenvalue weighted by molar-refractivity contribution is -0.147. The van der Waals surface area contributed by atoms with E-state index in [2.05, 4.69) is 10.7 Å². The van der Waals surface area contributed by atoms with Gasteiger partial charge in [-0.15, -0.1) is 0 Å². The van der Waals surface area contributed by atoms with E-state index in [0.717, 1.165) is 12.8 Å². The highest BCUT2D eigenvalue weighted by Crippen LogP contribution is 2.23. The quantitative estimate of drug-likeness (QED) is 0.380. The molecule has 1 aliphatic carbocycles. The van der Waals surface area contributed by atoms with E-state index < -0.39 is 0 Å². The van der Waals surface area contributed by atoms with Crippen molar-refractivity contribution in [3.63, 3.8) is 0 Å². The van der Waals surface area contributed by atoms with Gasteiger partial charge in [-0.1, -0.05) is 24.1 Å². The first-order valence-corrected chi connectivity index (χ1v) is 3.22. The molecule has 9 heavy (non-hydrogen) atoms. The summed E-state index contributed by atoms with van der Waals surface area (Å²) in [6.45, 7) is 1.39. The summed E-state index contributed by atoms with van der Waals surface area (Å²) in [5.41, 5.74) is 0. The van der Waals surface area contributed by atoms with E-state index in [-0.39, 0.29) is 5.97 Å². The first kappa shape index (κ1) is 6.46. The number of hydrogen-bond donors (Lipinski definition) is 0. The highest BCUT2D eigenvalue weighted by Gasteiger charge is 2.12. The van der Waals surface area contributed by atoms with Crippen LogP contribution >= 0.6 is 0 Å². The van der Waals surface area contributed by atoms with Crippen molar-refractivity contribution in [1.29, 1.82) is 0 Å². The zero-order valence-corrected chi connectivity index (χ0v) is 5.52. The molecule has 0 unspecified atom stereocenters. The van der Waals surface area contributed by atoms with Gasteiger partial charge in [-0.3, -0.25) is 0 Å². The standard InChI is InChI=1S/C7H10O2/c1-6(8)9-5-7-3-2-4-7/h7H,2-4H2,1H3. The van der Waals surface area contributed by atoms with Crippen molar-refractivity contribution in [2.24, 2.45) is 5.92 Å². The van der Waals surface area contributed by atoms with E-state index >= 15 is 0 Å². The molecule has 0 spiro atoms. The molecule has 1 aliphatic rings.